The summed E-state index contributed by atoms with van der Waals surface area (Å²) in [5, 5.41) is 0. The number of hydrogen-bond donors (Lipinski definition) is 1. The van der Waals surface area contributed by atoms with Gasteiger partial charge in [0.05, 0.1) is 12.6 Å². The largest absolute Gasteiger partial charge is 0.494 e. The van der Waals surface area contributed by atoms with Crippen molar-refractivity contribution in [1.82, 2.24) is 4.90 Å². The normalized spacial score (nSPS) is 12.0. The number of unbranched alkanes of at least 4 members (excludes halogenated alkanes) is 1. The molecule has 19 heavy (non-hydrogen) atoms. The first kappa shape index (κ1) is 15.5. The Bertz CT molecular complexity index is 388. The van der Waals surface area contributed by atoms with Crippen molar-refractivity contribution in [2.75, 3.05) is 20.7 Å². The molecule has 1 aromatic carbocycles. The summed E-state index contributed by atoms with van der Waals surface area (Å²) >= 11 is 0. The van der Waals surface area contributed by atoms with Gasteiger partial charge in [0.1, 0.15) is 5.75 Å². The minimum Gasteiger partial charge on any atom is -0.494 e. The Balaban J connectivity index is 2.50. The predicted octanol–water partition coefficient (Wildman–Crippen LogP) is 1.82. The molecule has 0 heterocycles. The van der Waals surface area contributed by atoms with Crippen LogP contribution in [0.3, 0.4) is 0 Å². The Morgan fingerprint density at radius 3 is 2.47 bits per heavy atom. The van der Waals surface area contributed by atoms with Crippen LogP contribution in [0.15, 0.2) is 24.3 Å². The number of amides is 1. The van der Waals surface area contributed by atoms with Gasteiger partial charge < -0.3 is 15.4 Å². The van der Waals surface area contributed by atoms with Crippen molar-refractivity contribution in [3.8, 4) is 5.75 Å². The Hall–Kier alpha value is -1.55. The standard InChI is InChI=1S/C15H24N2O2/c1-4-5-10-19-13-8-6-12(7-9-13)11-14(16)15(18)17(2)3/h6-9,14H,4-5,10-11,16H2,1-3H3/t14-/m0/s1. The Morgan fingerprint density at radius 1 is 1.32 bits per heavy atom. The highest BCUT2D eigenvalue weighted by Crippen LogP contribution is 2.14. The van der Waals surface area contributed by atoms with E-state index in [9.17, 15) is 4.79 Å². The van der Waals surface area contributed by atoms with Crippen LogP contribution in [0.4, 0.5) is 0 Å². The molecule has 0 aliphatic rings. The van der Waals surface area contributed by atoms with Crippen molar-refractivity contribution in [1.29, 1.82) is 0 Å². The number of ether oxygens (including phenoxy) is 1. The van der Waals surface area contributed by atoms with E-state index in [0.717, 1.165) is 30.8 Å². The minimum absolute atomic E-state index is 0.0525. The molecule has 1 aromatic rings. The van der Waals surface area contributed by atoms with Gasteiger partial charge in [-0.3, -0.25) is 4.79 Å². The second kappa shape index (κ2) is 7.79. The van der Waals surface area contributed by atoms with E-state index in [0.29, 0.717) is 6.42 Å². The molecule has 1 atom stereocenters. The summed E-state index contributed by atoms with van der Waals surface area (Å²) in [6.07, 6.45) is 2.73. The maximum atomic E-state index is 11.7. The number of benzene rings is 1. The van der Waals surface area contributed by atoms with Crippen LogP contribution in [0.5, 0.6) is 5.75 Å². The predicted molar refractivity (Wildman–Crippen MR) is 77.2 cm³/mol. The first-order valence-electron chi connectivity index (χ1n) is 6.73. The fraction of sp³-hybridized carbons (Fsp3) is 0.533. The Morgan fingerprint density at radius 2 is 1.95 bits per heavy atom. The minimum atomic E-state index is -0.484. The number of carbonyl (C=O) groups is 1. The van der Waals surface area contributed by atoms with Gasteiger partial charge in [0.15, 0.2) is 0 Å². The lowest BCUT2D eigenvalue weighted by Gasteiger charge is -2.16. The average molecular weight is 264 g/mol. The lowest BCUT2D eigenvalue weighted by Crippen LogP contribution is -2.41. The highest BCUT2D eigenvalue weighted by Gasteiger charge is 2.15. The van der Waals surface area contributed by atoms with Gasteiger partial charge >= 0.3 is 0 Å². The lowest BCUT2D eigenvalue weighted by atomic mass is 10.1. The van der Waals surface area contributed by atoms with Crippen molar-refractivity contribution in [2.45, 2.75) is 32.2 Å². The van der Waals surface area contributed by atoms with Gasteiger partial charge in [-0.25, -0.2) is 0 Å². The molecule has 0 fully saturated rings. The molecular weight excluding hydrogens is 240 g/mol. The summed E-state index contributed by atoms with van der Waals surface area (Å²) in [6.45, 7) is 2.88. The summed E-state index contributed by atoms with van der Waals surface area (Å²) in [7, 11) is 3.43. The molecule has 0 radical (unpaired) electrons. The van der Waals surface area contributed by atoms with Crippen molar-refractivity contribution < 1.29 is 9.53 Å². The summed E-state index contributed by atoms with van der Waals surface area (Å²) in [5.41, 5.74) is 6.91. The SMILES string of the molecule is CCCCOc1ccc(C[C@H](N)C(=O)N(C)C)cc1. The monoisotopic (exact) mass is 264 g/mol. The van der Waals surface area contributed by atoms with Crippen LogP contribution in [-0.2, 0) is 11.2 Å². The van der Waals surface area contributed by atoms with Crippen LogP contribution >= 0.6 is 0 Å². The summed E-state index contributed by atoms with van der Waals surface area (Å²) in [6, 6.07) is 7.30. The first-order valence-corrected chi connectivity index (χ1v) is 6.73. The molecule has 0 saturated heterocycles. The van der Waals surface area contributed by atoms with Crippen molar-refractivity contribution >= 4 is 5.91 Å². The third kappa shape index (κ3) is 5.30. The number of hydrogen-bond acceptors (Lipinski definition) is 3. The van der Waals surface area contributed by atoms with Gasteiger partial charge in [0.2, 0.25) is 5.91 Å². The van der Waals surface area contributed by atoms with Gasteiger partial charge in [0.25, 0.3) is 0 Å². The van der Waals surface area contributed by atoms with E-state index in [4.69, 9.17) is 10.5 Å². The molecule has 1 amide bonds. The maximum Gasteiger partial charge on any atom is 0.239 e. The van der Waals surface area contributed by atoms with Crippen LogP contribution in [0, 0.1) is 0 Å². The van der Waals surface area contributed by atoms with Gasteiger partial charge in [-0.15, -0.1) is 0 Å². The third-order valence-electron chi connectivity index (χ3n) is 2.90. The van der Waals surface area contributed by atoms with Gasteiger partial charge in [-0.2, -0.15) is 0 Å². The average Bonchev–Trinajstić information content (AvgIpc) is 2.40. The van der Waals surface area contributed by atoms with Crippen LogP contribution in [0.1, 0.15) is 25.3 Å². The Labute approximate surface area is 115 Å². The van der Waals surface area contributed by atoms with Crippen molar-refractivity contribution in [2.24, 2.45) is 5.73 Å². The summed E-state index contributed by atoms with van der Waals surface area (Å²) in [5.74, 6) is 0.813. The smallest absolute Gasteiger partial charge is 0.239 e. The molecule has 106 valence electrons. The van der Waals surface area contributed by atoms with E-state index < -0.39 is 6.04 Å². The topological polar surface area (TPSA) is 55.6 Å². The molecule has 0 aromatic heterocycles. The molecule has 0 spiro atoms. The zero-order valence-electron chi connectivity index (χ0n) is 12.1. The molecule has 0 aliphatic heterocycles. The van der Waals surface area contributed by atoms with E-state index in [2.05, 4.69) is 6.92 Å². The number of nitrogens with zero attached hydrogens (tertiary/aromatic N) is 1. The lowest BCUT2D eigenvalue weighted by molar-refractivity contribution is -0.130. The fourth-order valence-corrected chi connectivity index (χ4v) is 1.73. The number of likely N-dealkylation sites (N-methyl/N-ethyl adjacent to an activating group) is 1. The summed E-state index contributed by atoms with van der Waals surface area (Å²) < 4.78 is 5.59. The van der Waals surface area contributed by atoms with Crippen molar-refractivity contribution in [3.05, 3.63) is 29.8 Å². The molecular formula is C15H24N2O2. The molecule has 4 heteroatoms. The van der Waals surface area contributed by atoms with E-state index in [1.54, 1.807) is 14.1 Å². The summed E-state index contributed by atoms with van der Waals surface area (Å²) in [4.78, 5) is 13.2. The van der Waals surface area contributed by atoms with E-state index in [1.807, 2.05) is 24.3 Å². The van der Waals surface area contributed by atoms with Crippen molar-refractivity contribution in [3.63, 3.8) is 0 Å². The number of rotatable bonds is 7. The first-order chi connectivity index (χ1) is 9.04. The second-order valence-corrected chi connectivity index (χ2v) is 4.89. The number of carbonyl (C=O) groups excluding carboxylic acids is 1. The number of nitrogens with two attached hydrogens (primary N) is 1. The zero-order valence-corrected chi connectivity index (χ0v) is 12.1. The Kier molecular flexibility index (Phi) is 6.36. The fourth-order valence-electron chi connectivity index (χ4n) is 1.73. The maximum absolute atomic E-state index is 11.7. The van der Waals surface area contributed by atoms with Gasteiger partial charge in [-0.05, 0) is 30.5 Å². The zero-order chi connectivity index (χ0) is 14.3. The third-order valence-corrected chi connectivity index (χ3v) is 2.90. The molecule has 1 rings (SSSR count). The molecule has 0 bridgehead atoms. The quantitative estimate of drug-likeness (QED) is 0.764. The van der Waals surface area contributed by atoms with Crippen LogP contribution in [-0.4, -0.2) is 37.6 Å². The molecule has 4 nitrogen and oxygen atoms in total. The highest BCUT2D eigenvalue weighted by molar-refractivity contribution is 5.81. The van der Waals surface area contributed by atoms with E-state index >= 15 is 0 Å². The van der Waals surface area contributed by atoms with E-state index in [1.165, 1.54) is 4.90 Å². The van der Waals surface area contributed by atoms with E-state index in [-0.39, 0.29) is 5.91 Å². The van der Waals surface area contributed by atoms with Gasteiger partial charge in [0, 0.05) is 14.1 Å². The molecule has 2 N–H and O–H groups in total. The van der Waals surface area contributed by atoms with Crippen LogP contribution in [0.25, 0.3) is 0 Å². The molecule has 0 saturated carbocycles. The molecule has 0 aliphatic carbocycles. The molecule has 0 unspecified atom stereocenters. The van der Waals surface area contributed by atoms with Gasteiger partial charge in [-0.1, -0.05) is 25.5 Å². The van der Waals surface area contributed by atoms with Crippen LogP contribution < -0.4 is 10.5 Å². The highest BCUT2D eigenvalue weighted by atomic mass is 16.5. The van der Waals surface area contributed by atoms with Crippen LogP contribution in [0.2, 0.25) is 0 Å². The second-order valence-electron chi connectivity index (χ2n) is 4.89.